The number of rotatable bonds is 6. The molecule has 2 nitrogen and oxygen atoms in total. The van der Waals surface area contributed by atoms with Gasteiger partial charge in [-0.1, -0.05) is 19.8 Å². The van der Waals surface area contributed by atoms with Crippen molar-refractivity contribution in [1.29, 1.82) is 0 Å². The van der Waals surface area contributed by atoms with Crippen molar-refractivity contribution < 1.29 is 4.74 Å². The molecule has 0 radical (unpaired) electrons. The van der Waals surface area contributed by atoms with E-state index < -0.39 is 0 Å². The van der Waals surface area contributed by atoms with E-state index in [1.165, 1.54) is 45.1 Å². The molecule has 2 heteroatoms. The van der Waals surface area contributed by atoms with Crippen LogP contribution in [-0.4, -0.2) is 26.3 Å². The van der Waals surface area contributed by atoms with Gasteiger partial charge in [-0.25, -0.2) is 0 Å². The summed E-state index contributed by atoms with van der Waals surface area (Å²) in [5, 5.41) is 3.47. The molecule has 1 aliphatic carbocycles. The predicted molar refractivity (Wildman–Crippen MR) is 60.5 cm³/mol. The lowest BCUT2D eigenvalue weighted by Crippen LogP contribution is -2.30. The van der Waals surface area contributed by atoms with Gasteiger partial charge in [0.1, 0.15) is 0 Å². The van der Waals surface area contributed by atoms with Crippen LogP contribution in [0.15, 0.2) is 0 Å². The van der Waals surface area contributed by atoms with Crippen molar-refractivity contribution in [2.45, 2.75) is 51.6 Å². The fraction of sp³-hybridized carbons (Fsp3) is 1.00. The van der Waals surface area contributed by atoms with Gasteiger partial charge in [0.2, 0.25) is 0 Å². The van der Waals surface area contributed by atoms with E-state index in [0.717, 1.165) is 12.5 Å². The SMILES string of the molecule is CCCNCC[C@@H]1CCCC[C@@H]1OC. The van der Waals surface area contributed by atoms with Crippen LogP contribution < -0.4 is 5.32 Å². The molecule has 0 amide bonds. The van der Waals surface area contributed by atoms with Crippen LogP contribution in [0, 0.1) is 5.92 Å². The Morgan fingerprint density at radius 3 is 2.71 bits per heavy atom. The molecule has 0 aliphatic heterocycles. The first-order valence-corrected chi connectivity index (χ1v) is 6.12. The van der Waals surface area contributed by atoms with E-state index >= 15 is 0 Å². The molecule has 1 aliphatic rings. The van der Waals surface area contributed by atoms with Crippen LogP contribution in [0.1, 0.15) is 45.4 Å². The minimum Gasteiger partial charge on any atom is -0.381 e. The maximum absolute atomic E-state index is 5.53. The summed E-state index contributed by atoms with van der Waals surface area (Å²) in [6, 6.07) is 0. The zero-order valence-corrected chi connectivity index (χ0v) is 9.72. The van der Waals surface area contributed by atoms with Gasteiger partial charge >= 0.3 is 0 Å². The first-order valence-electron chi connectivity index (χ1n) is 6.12. The van der Waals surface area contributed by atoms with Gasteiger partial charge in [-0.3, -0.25) is 0 Å². The van der Waals surface area contributed by atoms with Crippen molar-refractivity contribution in [2.75, 3.05) is 20.2 Å². The van der Waals surface area contributed by atoms with E-state index in [-0.39, 0.29) is 0 Å². The second-order valence-corrected chi connectivity index (χ2v) is 4.36. The van der Waals surface area contributed by atoms with Crippen LogP contribution in [0.5, 0.6) is 0 Å². The molecule has 0 heterocycles. The molecule has 84 valence electrons. The molecular weight excluding hydrogens is 174 g/mol. The molecule has 14 heavy (non-hydrogen) atoms. The normalized spacial score (nSPS) is 27.9. The second kappa shape index (κ2) is 7.24. The Hall–Kier alpha value is -0.0800. The Morgan fingerprint density at radius 2 is 2.00 bits per heavy atom. The monoisotopic (exact) mass is 199 g/mol. The Kier molecular flexibility index (Phi) is 6.20. The van der Waals surface area contributed by atoms with E-state index in [0.29, 0.717) is 6.10 Å². The molecule has 1 saturated carbocycles. The Morgan fingerprint density at radius 1 is 1.21 bits per heavy atom. The van der Waals surface area contributed by atoms with Gasteiger partial charge in [0, 0.05) is 7.11 Å². The van der Waals surface area contributed by atoms with E-state index in [2.05, 4.69) is 12.2 Å². The van der Waals surface area contributed by atoms with Gasteiger partial charge in [0.25, 0.3) is 0 Å². The van der Waals surface area contributed by atoms with Crippen molar-refractivity contribution in [3.8, 4) is 0 Å². The third-order valence-corrected chi connectivity index (χ3v) is 3.26. The highest BCUT2D eigenvalue weighted by Gasteiger charge is 2.23. The van der Waals surface area contributed by atoms with Crippen LogP contribution in [0.25, 0.3) is 0 Å². The Labute approximate surface area is 88.4 Å². The Bertz CT molecular complexity index is 138. The van der Waals surface area contributed by atoms with Crippen molar-refractivity contribution in [2.24, 2.45) is 5.92 Å². The van der Waals surface area contributed by atoms with Crippen LogP contribution in [0.2, 0.25) is 0 Å². The maximum atomic E-state index is 5.53. The molecule has 2 atom stereocenters. The van der Waals surface area contributed by atoms with Crippen LogP contribution in [0.4, 0.5) is 0 Å². The average molecular weight is 199 g/mol. The molecule has 0 bridgehead atoms. The lowest BCUT2D eigenvalue weighted by molar-refractivity contribution is 0.0206. The fourth-order valence-electron chi connectivity index (χ4n) is 2.40. The third kappa shape index (κ3) is 3.97. The zero-order chi connectivity index (χ0) is 10.2. The second-order valence-electron chi connectivity index (χ2n) is 4.36. The van der Waals surface area contributed by atoms with Gasteiger partial charge in [-0.2, -0.15) is 0 Å². The maximum Gasteiger partial charge on any atom is 0.0600 e. The third-order valence-electron chi connectivity index (χ3n) is 3.26. The molecule has 0 spiro atoms. The smallest absolute Gasteiger partial charge is 0.0600 e. The summed E-state index contributed by atoms with van der Waals surface area (Å²) < 4.78 is 5.53. The van der Waals surface area contributed by atoms with E-state index in [1.54, 1.807) is 0 Å². The van der Waals surface area contributed by atoms with Gasteiger partial charge < -0.3 is 10.1 Å². The molecular formula is C12H25NO. The molecule has 0 saturated heterocycles. The first-order chi connectivity index (χ1) is 6.88. The van der Waals surface area contributed by atoms with E-state index in [4.69, 9.17) is 4.74 Å². The molecule has 0 aromatic rings. The number of ether oxygens (including phenoxy) is 1. The summed E-state index contributed by atoms with van der Waals surface area (Å²) in [5.74, 6) is 0.804. The standard InChI is InChI=1S/C12H25NO/c1-3-9-13-10-8-11-6-4-5-7-12(11)14-2/h11-13H,3-10H2,1-2H3/t11-,12-/m0/s1. The summed E-state index contributed by atoms with van der Waals surface area (Å²) >= 11 is 0. The van der Waals surface area contributed by atoms with E-state index in [9.17, 15) is 0 Å². The Balaban J connectivity index is 2.13. The average Bonchev–Trinajstić information content (AvgIpc) is 2.25. The van der Waals surface area contributed by atoms with Crippen molar-refractivity contribution >= 4 is 0 Å². The molecule has 0 aromatic heterocycles. The topological polar surface area (TPSA) is 21.3 Å². The number of methoxy groups -OCH3 is 1. The summed E-state index contributed by atoms with van der Waals surface area (Å²) in [6.07, 6.45) is 8.46. The number of hydrogen-bond donors (Lipinski definition) is 1. The highest BCUT2D eigenvalue weighted by molar-refractivity contribution is 4.76. The lowest BCUT2D eigenvalue weighted by Gasteiger charge is -2.30. The molecule has 0 aromatic carbocycles. The molecule has 1 fully saturated rings. The van der Waals surface area contributed by atoms with Crippen LogP contribution >= 0.6 is 0 Å². The van der Waals surface area contributed by atoms with Gasteiger partial charge in [0.15, 0.2) is 0 Å². The highest BCUT2D eigenvalue weighted by Crippen LogP contribution is 2.28. The highest BCUT2D eigenvalue weighted by atomic mass is 16.5. The molecule has 1 rings (SSSR count). The lowest BCUT2D eigenvalue weighted by atomic mass is 9.84. The molecule has 0 unspecified atom stereocenters. The van der Waals surface area contributed by atoms with Crippen molar-refractivity contribution in [3.63, 3.8) is 0 Å². The minimum absolute atomic E-state index is 0.534. The molecule has 1 N–H and O–H groups in total. The summed E-state index contributed by atoms with van der Waals surface area (Å²) in [4.78, 5) is 0. The quantitative estimate of drug-likeness (QED) is 0.664. The summed E-state index contributed by atoms with van der Waals surface area (Å²) in [6.45, 7) is 4.54. The van der Waals surface area contributed by atoms with Gasteiger partial charge in [-0.15, -0.1) is 0 Å². The van der Waals surface area contributed by atoms with E-state index in [1.807, 2.05) is 7.11 Å². The van der Waals surface area contributed by atoms with Crippen molar-refractivity contribution in [1.82, 2.24) is 5.32 Å². The first kappa shape index (κ1) is 12.0. The van der Waals surface area contributed by atoms with Gasteiger partial charge in [0.05, 0.1) is 6.10 Å². The number of nitrogens with one attached hydrogen (secondary N) is 1. The predicted octanol–water partition coefficient (Wildman–Crippen LogP) is 2.58. The van der Waals surface area contributed by atoms with Crippen molar-refractivity contribution in [3.05, 3.63) is 0 Å². The zero-order valence-electron chi connectivity index (χ0n) is 9.72. The van der Waals surface area contributed by atoms with Crippen LogP contribution in [0.3, 0.4) is 0 Å². The summed E-state index contributed by atoms with van der Waals surface area (Å²) in [7, 11) is 1.86. The van der Waals surface area contributed by atoms with Crippen LogP contribution in [-0.2, 0) is 4.74 Å². The summed E-state index contributed by atoms with van der Waals surface area (Å²) in [5.41, 5.74) is 0. The number of hydrogen-bond acceptors (Lipinski definition) is 2. The fourth-order valence-corrected chi connectivity index (χ4v) is 2.40. The largest absolute Gasteiger partial charge is 0.381 e. The van der Waals surface area contributed by atoms with Gasteiger partial charge in [-0.05, 0) is 44.7 Å². The minimum atomic E-state index is 0.534.